The molecule has 136 valence electrons. The van der Waals surface area contributed by atoms with Crippen LogP contribution in [0.2, 0.25) is 0 Å². The molecule has 0 aliphatic heterocycles. The lowest BCUT2D eigenvalue weighted by atomic mass is 10.2. The fourth-order valence-corrected chi connectivity index (χ4v) is 1.82. The van der Waals surface area contributed by atoms with Gasteiger partial charge >= 0.3 is 12.0 Å². The topological polar surface area (TPSA) is 140 Å². The number of nitrogens with one attached hydrogen (secondary N) is 3. The molecule has 10 heteroatoms. The van der Waals surface area contributed by atoms with E-state index in [1.807, 2.05) is 5.32 Å². The maximum atomic E-state index is 11.7. The van der Waals surface area contributed by atoms with E-state index in [4.69, 9.17) is 4.74 Å². The lowest BCUT2D eigenvalue weighted by Gasteiger charge is -2.12. The summed E-state index contributed by atoms with van der Waals surface area (Å²) in [5.41, 5.74) is 0.309. The number of ether oxygens (including phenoxy) is 1. The van der Waals surface area contributed by atoms with Crippen LogP contribution in [0.25, 0.3) is 0 Å². The van der Waals surface area contributed by atoms with Crippen molar-refractivity contribution in [3.05, 3.63) is 34.4 Å². The van der Waals surface area contributed by atoms with Crippen LogP contribution in [-0.4, -0.2) is 42.5 Å². The summed E-state index contributed by atoms with van der Waals surface area (Å²) in [4.78, 5) is 44.6. The third-order valence-electron chi connectivity index (χ3n) is 3.12. The van der Waals surface area contributed by atoms with E-state index in [0.29, 0.717) is 18.7 Å². The second kappa shape index (κ2) is 9.85. The van der Waals surface area contributed by atoms with E-state index >= 15 is 0 Å². The van der Waals surface area contributed by atoms with Crippen LogP contribution in [0.15, 0.2) is 24.3 Å². The van der Waals surface area contributed by atoms with Gasteiger partial charge in [0.05, 0.1) is 4.92 Å². The van der Waals surface area contributed by atoms with Crippen molar-refractivity contribution in [2.45, 2.75) is 25.9 Å². The third-order valence-corrected chi connectivity index (χ3v) is 3.12. The smallest absolute Gasteiger partial charge is 0.321 e. The van der Waals surface area contributed by atoms with E-state index in [2.05, 4.69) is 10.6 Å². The Kier molecular flexibility index (Phi) is 7.83. The molecule has 0 unspecified atom stereocenters. The molecule has 25 heavy (non-hydrogen) atoms. The number of anilines is 1. The number of benzene rings is 1. The first kappa shape index (κ1) is 19.9. The number of hydrogen-bond acceptors (Lipinski definition) is 7. The summed E-state index contributed by atoms with van der Waals surface area (Å²) in [6.07, 6.45) is -0.729. The third kappa shape index (κ3) is 6.85. The first-order valence-electron chi connectivity index (χ1n) is 7.54. The van der Waals surface area contributed by atoms with E-state index in [-0.39, 0.29) is 12.1 Å². The molecule has 1 aromatic carbocycles. The minimum atomic E-state index is -1.10. The summed E-state index contributed by atoms with van der Waals surface area (Å²) in [6.45, 7) is 1.67. The van der Waals surface area contributed by atoms with Crippen molar-refractivity contribution in [1.29, 1.82) is 0 Å². The first-order valence-corrected chi connectivity index (χ1v) is 7.54. The predicted octanol–water partition coefficient (Wildman–Crippen LogP) is 1.17. The van der Waals surface area contributed by atoms with E-state index in [1.165, 1.54) is 20.0 Å². The van der Waals surface area contributed by atoms with E-state index in [9.17, 15) is 24.5 Å². The van der Waals surface area contributed by atoms with E-state index < -0.39 is 28.9 Å². The number of rotatable bonds is 8. The highest BCUT2D eigenvalue weighted by molar-refractivity contribution is 5.96. The number of hydrogen-bond donors (Lipinski definition) is 3. The summed E-state index contributed by atoms with van der Waals surface area (Å²) < 4.78 is 4.90. The SMILES string of the molecule is CNC(=O)NC(=O)[C@H](C)OC(=O)CCCNc1ccccc1[N+](=O)[O-]. The molecule has 10 nitrogen and oxygen atoms in total. The fraction of sp³-hybridized carbons (Fsp3) is 0.400. The number of nitro groups is 1. The molecule has 0 radical (unpaired) electrons. The molecule has 0 spiro atoms. The fourth-order valence-electron chi connectivity index (χ4n) is 1.82. The molecule has 3 amide bonds. The monoisotopic (exact) mass is 352 g/mol. The van der Waals surface area contributed by atoms with Crippen molar-refractivity contribution in [2.75, 3.05) is 18.9 Å². The number of amides is 3. The predicted molar refractivity (Wildman–Crippen MR) is 89.0 cm³/mol. The molecule has 1 atom stereocenters. The van der Waals surface area contributed by atoms with E-state index in [1.54, 1.807) is 18.2 Å². The van der Waals surface area contributed by atoms with Crippen LogP contribution in [0, 0.1) is 10.1 Å². The number of urea groups is 1. The Morgan fingerprint density at radius 1 is 1.28 bits per heavy atom. The van der Waals surface area contributed by atoms with Gasteiger partial charge < -0.3 is 15.4 Å². The number of para-hydroxylation sites is 2. The molecule has 3 N–H and O–H groups in total. The summed E-state index contributed by atoms with van der Waals surface area (Å²) >= 11 is 0. The van der Waals surface area contributed by atoms with Gasteiger partial charge in [0.1, 0.15) is 5.69 Å². The van der Waals surface area contributed by atoms with Gasteiger partial charge in [0.15, 0.2) is 6.10 Å². The molecular formula is C15H20N4O6. The van der Waals surface area contributed by atoms with Gasteiger partial charge in [0, 0.05) is 26.1 Å². The lowest BCUT2D eigenvalue weighted by Crippen LogP contribution is -2.43. The quantitative estimate of drug-likeness (QED) is 0.276. The number of esters is 1. The highest BCUT2D eigenvalue weighted by Crippen LogP contribution is 2.22. The lowest BCUT2D eigenvalue weighted by molar-refractivity contribution is -0.384. The van der Waals surface area contributed by atoms with Gasteiger partial charge in [-0.05, 0) is 19.4 Å². The van der Waals surface area contributed by atoms with Crippen LogP contribution in [0.4, 0.5) is 16.2 Å². The Morgan fingerprint density at radius 3 is 2.60 bits per heavy atom. The molecule has 0 heterocycles. The average molecular weight is 352 g/mol. The molecule has 0 aliphatic rings. The van der Waals surface area contributed by atoms with Gasteiger partial charge in [-0.3, -0.25) is 25.0 Å². The van der Waals surface area contributed by atoms with Crippen LogP contribution < -0.4 is 16.0 Å². The molecule has 0 aliphatic carbocycles. The van der Waals surface area contributed by atoms with Gasteiger partial charge in [-0.2, -0.15) is 0 Å². The van der Waals surface area contributed by atoms with Crippen molar-refractivity contribution >= 4 is 29.3 Å². The Morgan fingerprint density at radius 2 is 1.96 bits per heavy atom. The molecule has 1 aromatic rings. The standard InChI is InChI=1S/C15H20N4O6/c1-10(14(21)18-15(22)16-2)25-13(20)8-5-9-17-11-6-3-4-7-12(11)19(23)24/h3-4,6-7,10,17H,5,8-9H2,1-2H3,(H2,16,18,21,22)/t10-/m0/s1. The minimum Gasteiger partial charge on any atom is -0.453 e. The van der Waals surface area contributed by atoms with Crippen molar-refractivity contribution in [1.82, 2.24) is 10.6 Å². The number of carbonyl (C=O) groups excluding carboxylic acids is 3. The number of imide groups is 1. The Hall–Kier alpha value is -3.17. The van der Waals surface area contributed by atoms with E-state index in [0.717, 1.165) is 0 Å². The summed E-state index contributed by atoms with van der Waals surface area (Å²) in [6, 6.07) is 5.48. The molecule has 0 saturated heterocycles. The summed E-state index contributed by atoms with van der Waals surface area (Å²) in [5.74, 6) is -1.34. The van der Waals surface area contributed by atoms with Crippen molar-refractivity contribution in [3.8, 4) is 0 Å². The van der Waals surface area contributed by atoms with Crippen LogP contribution in [0.5, 0.6) is 0 Å². The Balaban J connectivity index is 2.35. The molecule has 0 saturated carbocycles. The normalized spacial score (nSPS) is 11.1. The molecule has 0 bridgehead atoms. The maximum absolute atomic E-state index is 11.7. The number of nitro benzene ring substituents is 1. The van der Waals surface area contributed by atoms with Crippen molar-refractivity contribution in [3.63, 3.8) is 0 Å². The Bertz CT molecular complexity index is 649. The number of carbonyl (C=O) groups is 3. The minimum absolute atomic E-state index is 0.0191. The van der Waals surface area contributed by atoms with Crippen LogP contribution in [0.3, 0.4) is 0 Å². The zero-order chi connectivity index (χ0) is 18.8. The van der Waals surface area contributed by atoms with Gasteiger partial charge in [-0.25, -0.2) is 4.79 Å². The highest BCUT2D eigenvalue weighted by atomic mass is 16.6. The highest BCUT2D eigenvalue weighted by Gasteiger charge is 2.19. The Labute approximate surface area is 144 Å². The van der Waals surface area contributed by atoms with Gasteiger partial charge in [-0.15, -0.1) is 0 Å². The number of nitrogens with zero attached hydrogens (tertiary/aromatic N) is 1. The van der Waals surface area contributed by atoms with Crippen molar-refractivity contribution < 1.29 is 24.0 Å². The van der Waals surface area contributed by atoms with Crippen LogP contribution in [-0.2, 0) is 14.3 Å². The second-order valence-electron chi connectivity index (χ2n) is 5.01. The average Bonchev–Trinajstić information content (AvgIpc) is 2.58. The summed E-state index contributed by atoms with van der Waals surface area (Å²) in [7, 11) is 1.35. The second-order valence-corrected chi connectivity index (χ2v) is 5.01. The van der Waals surface area contributed by atoms with Gasteiger partial charge in [0.25, 0.3) is 11.6 Å². The maximum Gasteiger partial charge on any atom is 0.321 e. The van der Waals surface area contributed by atoms with Crippen molar-refractivity contribution in [2.24, 2.45) is 0 Å². The molecule has 0 fully saturated rings. The first-order chi connectivity index (χ1) is 11.8. The molecule has 1 rings (SSSR count). The van der Waals surface area contributed by atoms with Crippen LogP contribution in [0.1, 0.15) is 19.8 Å². The van der Waals surface area contributed by atoms with Gasteiger partial charge in [-0.1, -0.05) is 12.1 Å². The largest absolute Gasteiger partial charge is 0.453 e. The molecule has 0 aromatic heterocycles. The zero-order valence-electron chi connectivity index (χ0n) is 13.9. The van der Waals surface area contributed by atoms with Crippen LogP contribution >= 0.6 is 0 Å². The summed E-state index contributed by atoms with van der Waals surface area (Å²) in [5, 5.41) is 18.0. The molecular weight excluding hydrogens is 332 g/mol. The van der Waals surface area contributed by atoms with Gasteiger partial charge in [0.2, 0.25) is 0 Å². The zero-order valence-corrected chi connectivity index (χ0v) is 13.9.